The summed E-state index contributed by atoms with van der Waals surface area (Å²) in [7, 11) is 1.75. The van der Waals surface area contributed by atoms with Crippen LogP contribution in [-0.4, -0.2) is 31.6 Å². The van der Waals surface area contributed by atoms with Crippen LogP contribution in [0.25, 0.3) is 0 Å². The number of rotatable bonds is 9. The van der Waals surface area contributed by atoms with Gasteiger partial charge in [0, 0.05) is 20.2 Å². The molecule has 2 N–H and O–H groups in total. The molecule has 0 aliphatic rings. The van der Waals surface area contributed by atoms with Gasteiger partial charge < -0.3 is 10.5 Å². The van der Waals surface area contributed by atoms with Crippen molar-refractivity contribution in [2.45, 2.75) is 40.3 Å². The molecule has 0 amide bonds. The SMILES string of the molecule is CCCN(Cc1ccccc1COC)CC(C)(C)CN. The van der Waals surface area contributed by atoms with Crippen LogP contribution in [0.4, 0.5) is 0 Å². The third kappa shape index (κ3) is 5.61. The van der Waals surface area contributed by atoms with Gasteiger partial charge in [-0.1, -0.05) is 45.0 Å². The zero-order valence-electron chi connectivity index (χ0n) is 13.5. The van der Waals surface area contributed by atoms with Gasteiger partial charge in [-0.2, -0.15) is 0 Å². The second-order valence-electron chi connectivity index (χ2n) is 6.28. The fraction of sp³-hybridized carbons (Fsp3) is 0.647. The molecule has 1 rings (SSSR count). The van der Waals surface area contributed by atoms with Crippen LogP contribution in [0.3, 0.4) is 0 Å². The average Bonchev–Trinajstić information content (AvgIpc) is 2.41. The number of ether oxygens (including phenoxy) is 1. The zero-order valence-corrected chi connectivity index (χ0v) is 13.5. The van der Waals surface area contributed by atoms with E-state index in [2.05, 4.69) is 49.9 Å². The molecule has 0 aliphatic heterocycles. The number of nitrogens with two attached hydrogens (primary N) is 1. The minimum Gasteiger partial charge on any atom is -0.380 e. The minimum atomic E-state index is 0.158. The molecule has 1 aromatic rings. The summed E-state index contributed by atoms with van der Waals surface area (Å²) in [6.07, 6.45) is 1.16. The van der Waals surface area contributed by atoms with Gasteiger partial charge in [-0.25, -0.2) is 0 Å². The lowest BCUT2D eigenvalue weighted by molar-refractivity contribution is 0.168. The Morgan fingerprint density at radius 3 is 2.40 bits per heavy atom. The number of nitrogens with zero attached hydrogens (tertiary/aromatic N) is 1. The van der Waals surface area contributed by atoms with E-state index in [1.807, 2.05) is 0 Å². The zero-order chi connectivity index (χ0) is 15.0. The first-order valence-corrected chi connectivity index (χ1v) is 7.50. The Balaban J connectivity index is 2.79. The van der Waals surface area contributed by atoms with Crippen LogP contribution >= 0.6 is 0 Å². The number of hydrogen-bond acceptors (Lipinski definition) is 3. The molecule has 0 fully saturated rings. The molecular formula is C17H30N2O. The van der Waals surface area contributed by atoms with Crippen molar-refractivity contribution in [2.24, 2.45) is 11.1 Å². The standard InChI is InChI=1S/C17H30N2O/c1-5-10-19(14-17(2,3)13-18)11-15-8-6-7-9-16(15)12-20-4/h6-9H,5,10-14,18H2,1-4H3. The molecule has 1 aromatic carbocycles. The topological polar surface area (TPSA) is 38.5 Å². The quantitative estimate of drug-likeness (QED) is 0.754. The van der Waals surface area contributed by atoms with E-state index in [4.69, 9.17) is 10.5 Å². The number of hydrogen-bond donors (Lipinski definition) is 1. The van der Waals surface area contributed by atoms with Crippen molar-refractivity contribution in [1.82, 2.24) is 4.90 Å². The summed E-state index contributed by atoms with van der Waals surface area (Å²) in [5.41, 5.74) is 8.67. The van der Waals surface area contributed by atoms with Crippen LogP contribution < -0.4 is 5.73 Å². The molecule has 0 aliphatic carbocycles. The van der Waals surface area contributed by atoms with Crippen LogP contribution in [-0.2, 0) is 17.9 Å². The van der Waals surface area contributed by atoms with E-state index in [1.54, 1.807) is 7.11 Å². The van der Waals surface area contributed by atoms with E-state index >= 15 is 0 Å². The van der Waals surface area contributed by atoms with Crippen molar-refractivity contribution in [3.63, 3.8) is 0 Å². The summed E-state index contributed by atoms with van der Waals surface area (Å²) in [6.45, 7) is 11.2. The lowest BCUT2D eigenvalue weighted by Crippen LogP contribution is -2.39. The van der Waals surface area contributed by atoms with Crippen molar-refractivity contribution in [2.75, 3.05) is 26.7 Å². The fourth-order valence-electron chi connectivity index (χ4n) is 2.45. The van der Waals surface area contributed by atoms with E-state index in [-0.39, 0.29) is 5.41 Å². The largest absolute Gasteiger partial charge is 0.380 e. The predicted molar refractivity (Wildman–Crippen MR) is 85.6 cm³/mol. The average molecular weight is 278 g/mol. The molecule has 20 heavy (non-hydrogen) atoms. The van der Waals surface area contributed by atoms with Gasteiger partial charge in [-0.05, 0) is 36.1 Å². The maximum Gasteiger partial charge on any atom is 0.0716 e. The van der Waals surface area contributed by atoms with E-state index in [9.17, 15) is 0 Å². The lowest BCUT2D eigenvalue weighted by Gasteiger charge is -2.32. The molecule has 0 heterocycles. The molecule has 0 unspecified atom stereocenters. The molecule has 0 spiro atoms. The van der Waals surface area contributed by atoms with E-state index in [0.29, 0.717) is 13.2 Å². The van der Waals surface area contributed by atoms with Crippen LogP contribution in [0.5, 0.6) is 0 Å². The summed E-state index contributed by atoms with van der Waals surface area (Å²) in [6, 6.07) is 8.53. The maximum atomic E-state index is 5.88. The predicted octanol–water partition coefficient (Wildman–Crippen LogP) is 3.03. The summed E-state index contributed by atoms with van der Waals surface area (Å²) >= 11 is 0. The van der Waals surface area contributed by atoms with Gasteiger partial charge in [0.2, 0.25) is 0 Å². The summed E-state index contributed by atoms with van der Waals surface area (Å²) in [5.74, 6) is 0. The van der Waals surface area contributed by atoms with Crippen LogP contribution in [0.1, 0.15) is 38.3 Å². The van der Waals surface area contributed by atoms with Gasteiger partial charge in [0.25, 0.3) is 0 Å². The van der Waals surface area contributed by atoms with Crippen molar-refractivity contribution in [3.05, 3.63) is 35.4 Å². The molecule has 3 heteroatoms. The summed E-state index contributed by atoms with van der Waals surface area (Å²) in [5, 5.41) is 0. The molecule has 0 saturated heterocycles. The monoisotopic (exact) mass is 278 g/mol. The Kier molecular flexibility index (Phi) is 7.20. The second kappa shape index (κ2) is 8.40. The van der Waals surface area contributed by atoms with Crippen molar-refractivity contribution in [1.29, 1.82) is 0 Å². The van der Waals surface area contributed by atoms with Gasteiger partial charge in [0.05, 0.1) is 6.61 Å². The highest BCUT2D eigenvalue weighted by atomic mass is 16.5. The Labute approximate surface area is 124 Å². The molecule has 0 aromatic heterocycles. The number of benzene rings is 1. The van der Waals surface area contributed by atoms with Gasteiger partial charge >= 0.3 is 0 Å². The first kappa shape index (κ1) is 17.2. The van der Waals surface area contributed by atoms with E-state index in [1.165, 1.54) is 11.1 Å². The first-order chi connectivity index (χ1) is 9.52. The fourth-order valence-corrected chi connectivity index (χ4v) is 2.45. The third-order valence-corrected chi connectivity index (χ3v) is 3.56. The highest BCUT2D eigenvalue weighted by molar-refractivity contribution is 5.26. The van der Waals surface area contributed by atoms with Gasteiger partial charge in [-0.15, -0.1) is 0 Å². The first-order valence-electron chi connectivity index (χ1n) is 7.50. The highest BCUT2D eigenvalue weighted by Gasteiger charge is 2.20. The summed E-state index contributed by atoms with van der Waals surface area (Å²) in [4.78, 5) is 2.50. The minimum absolute atomic E-state index is 0.158. The van der Waals surface area contributed by atoms with Gasteiger partial charge in [0.15, 0.2) is 0 Å². The van der Waals surface area contributed by atoms with Gasteiger partial charge in [-0.3, -0.25) is 4.90 Å². The maximum absolute atomic E-state index is 5.88. The Bertz CT molecular complexity index is 390. The van der Waals surface area contributed by atoms with Crippen LogP contribution in [0.2, 0.25) is 0 Å². The normalized spacial score (nSPS) is 12.1. The van der Waals surface area contributed by atoms with Crippen molar-refractivity contribution < 1.29 is 4.74 Å². The molecule has 0 atom stereocenters. The summed E-state index contributed by atoms with van der Waals surface area (Å²) < 4.78 is 5.29. The van der Waals surface area contributed by atoms with Gasteiger partial charge in [0.1, 0.15) is 0 Å². The lowest BCUT2D eigenvalue weighted by atomic mass is 9.92. The van der Waals surface area contributed by atoms with Crippen LogP contribution in [0.15, 0.2) is 24.3 Å². The van der Waals surface area contributed by atoms with Crippen molar-refractivity contribution in [3.8, 4) is 0 Å². The van der Waals surface area contributed by atoms with Crippen molar-refractivity contribution >= 4 is 0 Å². The molecule has 3 nitrogen and oxygen atoms in total. The van der Waals surface area contributed by atoms with Crippen LogP contribution in [0, 0.1) is 5.41 Å². The number of methoxy groups -OCH3 is 1. The highest BCUT2D eigenvalue weighted by Crippen LogP contribution is 2.19. The Morgan fingerprint density at radius 1 is 1.20 bits per heavy atom. The smallest absolute Gasteiger partial charge is 0.0716 e. The molecule has 0 bridgehead atoms. The van der Waals surface area contributed by atoms with E-state index < -0.39 is 0 Å². The molecule has 0 saturated carbocycles. The molecular weight excluding hydrogens is 248 g/mol. The molecule has 0 radical (unpaired) electrons. The van der Waals surface area contributed by atoms with E-state index in [0.717, 1.165) is 26.1 Å². The third-order valence-electron chi connectivity index (χ3n) is 3.56. The Morgan fingerprint density at radius 2 is 1.85 bits per heavy atom. The second-order valence-corrected chi connectivity index (χ2v) is 6.28. The molecule has 114 valence electrons. The Hall–Kier alpha value is -0.900.